The number of ketones is 1. The van der Waals surface area contributed by atoms with Gasteiger partial charge in [-0.1, -0.05) is 54.1 Å². The minimum absolute atomic E-state index is 0.191. The van der Waals surface area contributed by atoms with Crippen LogP contribution in [0.4, 0.5) is 0 Å². The maximum absolute atomic E-state index is 12.0. The Balaban J connectivity index is 2.03. The molecule has 0 unspecified atom stereocenters. The molecule has 20 heavy (non-hydrogen) atoms. The summed E-state index contributed by atoms with van der Waals surface area (Å²) in [5.74, 6) is -0.480. The first kappa shape index (κ1) is 14.7. The van der Waals surface area contributed by atoms with Crippen molar-refractivity contribution in [2.24, 2.45) is 0 Å². The molecular weight excluding hydrogens is 276 g/mol. The normalized spacial score (nSPS) is 13.8. The molecule has 0 spiro atoms. The SMILES string of the molecule is O=C(c1ccccc1)[C@H](O)[C@H](O)Cc1ccc(Cl)cc1. The van der Waals surface area contributed by atoms with Gasteiger partial charge in [-0.25, -0.2) is 0 Å². The number of benzene rings is 2. The highest BCUT2D eigenvalue weighted by molar-refractivity contribution is 6.30. The summed E-state index contributed by atoms with van der Waals surface area (Å²) >= 11 is 5.78. The number of aliphatic hydroxyl groups excluding tert-OH is 2. The van der Waals surface area contributed by atoms with Gasteiger partial charge in [-0.05, 0) is 17.7 Å². The zero-order valence-corrected chi connectivity index (χ0v) is 11.5. The van der Waals surface area contributed by atoms with Gasteiger partial charge in [0.15, 0.2) is 5.78 Å². The first-order valence-electron chi connectivity index (χ1n) is 6.28. The Bertz CT molecular complexity index is 566. The van der Waals surface area contributed by atoms with Crippen molar-refractivity contribution in [2.75, 3.05) is 0 Å². The van der Waals surface area contributed by atoms with Gasteiger partial charge in [0.1, 0.15) is 6.10 Å². The summed E-state index contributed by atoms with van der Waals surface area (Å²) < 4.78 is 0. The molecule has 0 fully saturated rings. The van der Waals surface area contributed by atoms with Crippen LogP contribution in [0, 0.1) is 0 Å². The fraction of sp³-hybridized carbons (Fsp3) is 0.188. The van der Waals surface area contributed by atoms with Crippen LogP contribution in [0.15, 0.2) is 54.6 Å². The van der Waals surface area contributed by atoms with Crippen LogP contribution < -0.4 is 0 Å². The third-order valence-corrected chi connectivity index (χ3v) is 3.30. The van der Waals surface area contributed by atoms with Crippen molar-refractivity contribution in [3.05, 3.63) is 70.7 Å². The van der Waals surface area contributed by atoms with E-state index in [2.05, 4.69) is 0 Å². The quantitative estimate of drug-likeness (QED) is 0.832. The number of carbonyl (C=O) groups excluding carboxylic acids is 1. The average Bonchev–Trinajstić information content (AvgIpc) is 2.49. The number of aliphatic hydroxyl groups is 2. The van der Waals surface area contributed by atoms with Gasteiger partial charge in [0.2, 0.25) is 0 Å². The van der Waals surface area contributed by atoms with Crippen LogP contribution in [-0.2, 0) is 6.42 Å². The standard InChI is InChI=1S/C16H15ClO3/c17-13-8-6-11(7-9-13)10-14(18)16(20)15(19)12-4-2-1-3-5-12/h1-9,14,16,18,20H,10H2/t14-,16-/m1/s1. The number of carbonyl (C=O) groups is 1. The van der Waals surface area contributed by atoms with Crippen molar-refractivity contribution in [3.8, 4) is 0 Å². The summed E-state index contributed by atoms with van der Waals surface area (Å²) in [5.41, 5.74) is 1.19. The van der Waals surface area contributed by atoms with E-state index in [0.29, 0.717) is 10.6 Å². The first-order chi connectivity index (χ1) is 9.58. The Morgan fingerprint density at radius 2 is 1.60 bits per heavy atom. The lowest BCUT2D eigenvalue weighted by molar-refractivity contribution is 0.0216. The molecule has 0 saturated heterocycles. The Kier molecular flexibility index (Phi) is 4.90. The van der Waals surface area contributed by atoms with E-state index < -0.39 is 18.0 Å². The molecule has 0 amide bonds. The van der Waals surface area contributed by atoms with E-state index in [1.54, 1.807) is 54.6 Å². The fourth-order valence-electron chi connectivity index (χ4n) is 1.92. The summed E-state index contributed by atoms with van der Waals surface area (Å²) in [6, 6.07) is 15.4. The Hall–Kier alpha value is -1.68. The van der Waals surface area contributed by atoms with Gasteiger partial charge in [-0.3, -0.25) is 4.79 Å². The smallest absolute Gasteiger partial charge is 0.193 e. The molecule has 0 radical (unpaired) electrons. The zero-order chi connectivity index (χ0) is 14.5. The maximum atomic E-state index is 12.0. The monoisotopic (exact) mass is 290 g/mol. The Morgan fingerprint density at radius 3 is 2.20 bits per heavy atom. The molecule has 2 atom stereocenters. The lowest BCUT2D eigenvalue weighted by atomic mass is 9.97. The fourth-order valence-corrected chi connectivity index (χ4v) is 2.05. The lowest BCUT2D eigenvalue weighted by Gasteiger charge is -2.17. The van der Waals surface area contributed by atoms with Crippen molar-refractivity contribution in [1.29, 1.82) is 0 Å². The highest BCUT2D eigenvalue weighted by Crippen LogP contribution is 2.14. The molecule has 0 aliphatic heterocycles. The summed E-state index contributed by atoms with van der Waals surface area (Å²) in [6.07, 6.45) is -2.39. The van der Waals surface area contributed by atoms with E-state index in [9.17, 15) is 15.0 Å². The van der Waals surface area contributed by atoms with Crippen molar-refractivity contribution < 1.29 is 15.0 Å². The third kappa shape index (κ3) is 3.67. The Morgan fingerprint density at radius 1 is 1.00 bits per heavy atom. The van der Waals surface area contributed by atoms with Gasteiger partial charge in [0.25, 0.3) is 0 Å². The molecule has 0 aliphatic carbocycles. The second-order valence-corrected chi connectivity index (χ2v) is 5.01. The molecule has 3 nitrogen and oxygen atoms in total. The van der Waals surface area contributed by atoms with Gasteiger partial charge in [-0.15, -0.1) is 0 Å². The largest absolute Gasteiger partial charge is 0.390 e. The maximum Gasteiger partial charge on any atom is 0.193 e. The molecule has 0 aromatic heterocycles. The second-order valence-electron chi connectivity index (χ2n) is 4.57. The molecule has 104 valence electrons. The minimum Gasteiger partial charge on any atom is -0.390 e. The molecule has 2 rings (SSSR count). The highest BCUT2D eigenvalue weighted by Gasteiger charge is 2.25. The van der Waals surface area contributed by atoms with E-state index in [-0.39, 0.29) is 6.42 Å². The topological polar surface area (TPSA) is 57.5 Å². The van der Waals surface area contributed by atoms with Crippen LogP contribution in [-0.4, -0.2) is 28.2 Å². The zero-order valence-electron chi connectivity index (χ0n) is 10.7. The first-order valence-corrected chi connectivity index (χ1v) is 6.65. The summed E-state index contributed by atoms with van der Waals surface area (Å²) in [6.45, 7) is 0. The molecule has 4 heteroatoms. The van der Waals surface area contributed by atoms with E-state index >= 15 is 0 Å². The van der Waals surface area contributed by atoms with Gasteiger partial charge < -0.3 is 10.2 Å². The van der Waals surface area contributed by atoms with Crippen molar-refractivity contribution >= 4 is 17.4 Å². The molecule has 2 N–H and O–H groups in total. The Labute approximate surface area is 122 Å². The molecule has 0 aliphatic rings. The van der Waals surface area contributed by atoms with Gasteiger partial charge in [0, 0.05) is 17.0 Å². The average molecular weight is 291 g/mol. The number of hydrogen-bond acceptors (Lipinski definition) is 3. The van der Waals surface area contributed by atoms with Crippen LogP contribution in [0.3, 0.4) is 0 Å². The van der Waals surface area contributed by atoms with Crippen LogP contribution in [0.25, 0.3) is 0 Å². The van der Waals surface area contributed by atoms with E-state index in [1.807, 2.05) is 0 Å². The highest BCUT2D eigenvalue weighted by atomic mass is 35.5. The summed E-state index contributed by atoms with van der Waals surface area (Å²) in [4.78, 5) is 12.0. The number of halogens is 1. The molecule has 2 aromatic rings. The predicted octanol–water partition coefficient (Wildman–Crippen LogP) is 2.49. The van der Waals surface area contributed by atoms with Gasteiger partial charge in [-0.2, -0.15) is 0 Å². The van der Waals surface area contributed by atoms with Crippen LogP contribution >= 0.6 is 11.6 Å². The van der Waals surface area contributed by atoms with Crippen molar-refractivity contribution in [3.63, 3.8) is 0 Å². The molecule has 0 saturated carbocycles. The second kappa shape index (κ2) is 6.66. The molecule has 0 bridgehead atoms. The predicted molar refractivity (Wildman–Crippen MR) is 77.9 cm³/mol. The molecule has 0 heterocycles. The molecule has 2 aromatic carbocycles. The number of hydrogen-bond donors (Lipinski definition) is 2. The number of rotatable bonds is 5. The van der Waals surface area contributed by atoms with Crippen molar-refractivity contribution in [1.82, 2.24) is 0 Å². The minimum atomic E-state index is -1.44. The summed E-state index contributed by atoms with van der Waals surface area (Å²) in [5, 5.41) is 20.5. The van der Waals surface area contributed by atoms with E-state index in [4.69, 9.17) is 11.6 Å². The van der Waals surface area contributed by atoms with Crippen LogP contribution in [0.5, 0.6) is 0 Å². The van der Waals surface area contributed by atoms with Crippen LogP contribution in [0.1, 0.15) is 15.9 Å². The summed E-state index contributed by atoms with van der Waals surface area (Å²) in [7, 11) is 0. The third-order valence-electron chi connectivity index (χ3n) is 3.05. The van der Waals surface area contributed by atoms with Crippen LogP contribution in [0.2, 0.25) is 5.02 Å². The van der Waals surface area contributed by atoms with Gasteiger partial charge in [0.05, 0.1) is 6.10 Å². The van der Waals surface area contributed by atoms with Gasteiger partial charge >= 0.3 is 0 Å². The van der Waals surface area contributed by atoms with Crippen molar-refractivity contribution in [2.45, 2.75) is 18.6 Å². The lowest BCUT2D eigenvalue weighted by Crippen LogP contribution is -2.35. The van der Waals surface area contributed by atoms with E-state index in [0.717, 1.165) is 5.56 Å². The number of Topliss-reactive ketones (excluding diaryl/α,β-unsaturated/α-hetero) is 1. The molecular formula is C16H15ClO3. The van der Waals surface area contributed by atoms with E-state index in [1.165, 1.54) is 0 Å².